The Morgan fingerprint density at radius 1 is 1.19 bits per heavy atom. The van der Waals surface area contributed by atoms with Crippen LogP contribution in [0.3, 0.4) is 0 Å². The van der Waals surface area contributed by atoms with Crippen molar-refractivity contribution in [2.75, 3.05) is 0 Å². The zero-order valence-corrected chi connectivity index (χ0v) is 15.4. The molecule has 0 aliphatic heterocycles. The lowest BCUT2D eigenvalue weighted by Gasteiger charge is -2.12. The number of aryl methyl sites for hydroxylation is 2. The van der Waals surface area contributed by atoms with Crippen LogP contribution >= 0.6 is 0 Å². The summed E-state index contributed by atoms with van der Waals surface area (Å²) in [6.07, 6.45) is 1.50. The fourth-order valence-electron chi connectivity index (χ4n) is 3.08. The molecule has 0 bridgehead atoms. The second kappa shape index (κ2) is 7.45. The summed E-state index contributed by atoms with van der Waals surface area (Å²) in [4.78, 5) is 23.3. The van der Waals surface area contributed by atoms with E-state index in [1.165, 1.54) is 10.9 Å². The van der Waals surface area contributed by atoms with Gasteiger partial charge in [-0.25, -0.2) is 4.68 Å². The number of nitrogens with one attached hydrogen (secondary N) is 1. The van der Waals surface area contributed by atoms with Crippen molar-refractivity contribution in [1.82, 2.24) is 24.9 Å². The number of para-hydroxylation sites is 1. The summed E-state index contributed by atoms with van der Waals surface area (Å²) in [6, 6.07) is 9.88. The van der Waals surface area contributed by atoms with E-state index in [1.54, 1.807) is 0 Å². The van der Waals surface area contributed by atoms with E-state index in [2.05, 4.69) is 20.2 Å². The van der Waals surface area contributed by atoms with E-state index in [1.807, 2.05) is 51.1 Å². The normalized spacial score (nSPS) is 10.8. The van der Waals surface area contributed by atoms with Crippen LogP contribution in [0.25, 0.3) is 5.69 Å². The average Bonchev–Trinajstić information content (AvgIpc) is 3.17. The van der Waals surface area contributed by atoms with E-state index in [-0.39, 0.29) is 19.0 Å². The summed E-state index contributed by atoms with van der Waals surface area (Å²) in [5, 5.41) is 19.2. The fraction of sp³-hybridized carbons (Fsp3) is 0.263. The van der Waals surface area contributed by atoms with E-state index in [0.717, 1.165) is 22.6 Å². The molecule has 8 nitrogen and oxygen atoms in total. The number of nitrogens with zero attached hydrogens (tertiary/aromatic N) is 4. The summed E-state index contributed by atoms with van der Waals surface area (Å²) >= 11 is 0. The van der Waals surface area contributed by atoms with Gasteiger partial charge in [0.05, 0.1) is 18.3 Å². The molecule has 0 spiro atoms. The molecule has 0 fully saturated rings. The van der Waals surface area contributed by atoms with Gasteiger partial charge in [0.25, 0.3) is 5.91 Å². The Labute approximate surface area is 156 Å². The van der Waals surface area contributed by atoms with Crippen molar-refractivity contribution in [2.45, 2.75) is 33.9 Å². The van der Waals surface area contributed by atoms with Crippen molar-refractivity contribution in [1.29, 1.82) is 0 Å². The van der Waals surface area contributed by atoms with Gasteiger partial charge in [-0.3, -0.25) is 9.59 Å². The van der Waals surface area contributed by atoms with E-state index >= 15 is 0 Å². The molecular weight excluding hydrogens is 346 g/mol. The summed E-state index contributed by atoms with van der Waals surface area (Å²) in [5.74, 6) is -1.21. The molecule has 1 amide bonds. The third-order valence-electron chi connectivity index (χ3n) is 4.35. The molecule has 0 unspecified atom stereocenters. The summed E-state index contributed by atoms with van der Waals surface area (Å²) in [6.45, 7) is 5.82. The van der Waals surface area contributed by atoms with Gasteiger partial charge in [0.2, 0.25) is 0 Å². The van der Waals surface area contributed by atoms with Crippen molar-refractivity contribution < 1.29 is 14.7 Å². The van der Waals surface area contributed by atoms with Crippen molar-refractivity contribution in [2.24, 2.45) is 0 Å². The highest BCUT2D eigenvalue weighted by atomic mass is 16.4. The first kappa shape index (κ1) is 18.4. The van der Waals surface area contributed by atoms with E-state index < -0.39 is 5.97 Å². The van der Waals surface area contributed by atoms with Crippen LogP contribution in [0.4, 0.5) is 0 Å². The van der Waals surface area contributed by atoms with Crippen LogP contribution in [-0.4, -0.2) is 36.5 Å². The lowest BCUT2D eigenvalue weighted by atomic mass is 10.2. The molecule has 140 valence electrons. The minimum atomic E-state index is -1.00. The smallest absolute Gasteiger partial charge is 0.325 e. The minimum absolute atomic E-state index is 0.173. The number of aliphatic carboxylic acids is 1. The van der Waals surface area contributed by atoms with Crippen molar-refractivity contribution >= 4 is 11.9 Å². The SMILES string of the molecule is Cc1ccccc1-n1c(C)cc(C(=O)NCc2cn(CC(=O)O)nn2)c1C. The highest BCUT2D eigenvalue weighted by Gasteiger charge is 2.17. The van der Waals surface area contributed by atoms with E-state index in [9.17, 15) is 9.59 Å². The van der Waals surface area contributed by atoms with Gasteiger partial charge in [0.15, 0.2) is 0 Å². The first-order chi connectivity index (χ1) is 12.9. The van der Waals surface area contributed by atoms with Crippen LogP contribution in [-0.2, 0) is 17.9 Å². The van der Waals surface area contributed by atoms with Crippen LogP contribution in [0.15, 0.2) is 36.5 Å². The van der Waals surface area contributed by atoms with Gasteiger partial charge < -0.3 is 15.0 Å². The highest BCUT2D eigenvalue weighted by Crippen LogP contribution is 2.23. The molecule has 1 aromatic carbocycles. The van der Waals surface area contributed by atoms with Crippen LogP contribution < -0.4 is 5.32 Å². The topological polar surface area (TPSA) is 102 Å². The maximum absolute atomic E-state index is 12.6. The summed E-state index contributed by atoms with van der Waals surface area (Å²) in [7, 11) is 0. The Balaban J connectivity index is 1.76. The van der Waals surface area contributed by atoms with Gasteiger partial charge >= 0.3 is 5.97 Å². The van der Waals surface area contributed by atoms with Crippen LogP contribution in [0.1, 0.15) is 33.0 Å². The number of rotatable bonds is 6. The molecular formula is C19H21N5O3. The first-order valence-corrected chi connectivity index (χ1v) is 8.50. The predicted molar refractivity (Wildman–Crippen MR) is 98.8 cm³/mol. The van der Waals surface area contributed by atoms with Gasteiger partial charge in [-0.2, -0.15) is 0 Å². The maximum atomic E-state index is 12.6. The second-order valence-electron chi connectivity index (χ2n) is 6.39. The summed E-state index contributed by atoms with van der Waals surface area (Å²) < 4.78 is 3.28. The number of carboxylic acid groups (broad SMARTS) is 1. The molecule has 2 aromatic heterocycles. The zero-order valence-electron chi connectivity index (χ0n) is 15.4. The number of aromatic nitrogens is 4. The molecule has 0 aliphatic rings. The Bertz CT molecular complexity index is 1000. The molecule has 8 heteroatoms. The third-order valence-corrected chi connectivity index (χ3v) is 4.35. The molecule has 0 saturated carbocycles. The predicted octanol–water partition coefficient (Wildman–Crippen LogP) is 2.01. The quantitative estimate of drug-likeness (QED) is 0.694. The largest absolute Gasteiger partial charge is 0.480 e. The van der Waals surface area contributed by atoms with E-state index in [4.69, 9.17) is 5.11 Å². The Morgan fingerprint density at radius 3 is 2.63 bits per heavy atom. The molecule has 27 heavy (non-hydrogen) atoms. The lowest BCUT2D eigenvalue weighted by Crippen LogP contribution is -2.23. The minimum Gasteiger partial charge on any atom is -0.480 e. The zero-order chi connectivity index (χ0) is 19.6. The first-order valence-electron chi connectivity index (χ1n) is 8.50. The van der Waals surface area contributed by atoms with Gasteiger partial charge in [-0.05, 0) is 38.5 Å². The fourth-order valence-corrected chi connectivity index (χ4v) is 3.08. The van der Waals surface area contributed by atoms with E-state index in [0.29, 0.717) is 11.3 Å². The van der Waals surface area contributed by atoms with Gasteiger partial charge in [-0.15, -0.1) is 5.10 Å². The standard InChI is InChI=1S/C19H21N5O3/c1-12-6-4-5-7-17(12)24-13(2)8-16(14(24)3)19(27)20-9-15-10-23(22-21-15)11-18(25)26/h4-8,10H,9,11H2,1-3H3,(H,20,27)(H,25,26). The number of carbonyl (C=O) groups is 2. The van der Waals surface area contributed by atoms with Crippen LogP contribution in [0, 0.1) is 20.8 Å². The number of carboxylic acids is 1. The Morgan fingerprint density at radius 2 is 1.93 bits per heavy atom. The van der Waals surface area contributed by atoms with Crippen molar-refractivity contribution in [3.05, 3.63) is 64.7 Å². The molecule has 0 atom stereocenters. The lowest BCUT2D eigenvalue weighted by molar-refractivity contribution is -0.137. The van der Waals surface area contributed by atoms with Crippen molar-refractivity contribution in [3.63, 3.8) is 0 Å². The Kier molecular flexibility index (Phi) is 5.07. The number of hydrogen-bond acceptors (Lipinski definition) is 4. The number of amides is 1. The van der Waals surface area contributed by atoms with Crippen LogP contribution in [0.5, 0.6) is 0 Å². The monoisotopic (exact) mass is 367 g/mol. The number of hydrogen-bond donors (Lipinski definition) is 2. The molecule has 0 aliphatic carbocycles. The maximum Gasteiger partial charge on any atom is 0.325 e. The van der Waals surface area contributed by atoms with Gasteiger partial charge in [0, 0.05) is 17.1 Å². The second-order valence-corrected chi connectivity index (χ2v) is 6.39. The molecule has 2 N–H and O–H groups in total. The Hall–Kier alpha value is -3.42. The number of carbonyl (C=O) groups excluding carboxylic acids is 1. The molecule has 3 aromatic rings. The number of benzene rings is 1. The average molecular weight is 367 g/mol. The van der Waals surface area contributed by atoms with Crippen LogP contribution in [0.2, 0.25) is 0 Å². The molecule has 0 saturated heterocycles. The highest BCUT2D eigenvalue weighted by molar-refractivity contribution is 5.95. The molecule has 3 rings (SSSR count). The molecule has 2 heterocycles. The third kappa shape index (κ3) is 3.89. The molecule has 0 radical (unpaired) electrons. The van der Waals surface area contributed by atoms with Gasteiger partial charge in [-0.1, -0.05) is 23.4 Å². The summed E-state index contributed by atoms with van der Waals surface area (Å²) in [5.41, 5.74) is 5.09. The van der Waals surface area contributed by atoms with Gasteiger partial charge in [0.1, 0.15) is 12.2 Å². The van der Waals surface area contributed by atoms with Crippen molar-refractivity contribution in [3.8, 4) is 5.69 Å².